The molecule has 6 fully saturated rings. The minimum Gasteiger partial charge on any atom is -0.444 e. The maximum atomic E-state index is 14.3. The number of nitrogens with zero attached hydrogens (tertiary/aromatic N) is 12. The molecular formula is C54H68F2N16O9. The van der Waals surface area contributed by atoms with Gasteiger partial charge in [0.1, 0.15) is 51.0 Å². The Balaban J connectivity index is 0.000000146. The van der Waals surface area contributed by atoms with Crippen LogP contribution in [0.3, 0.4) is 0 Å². The minimum atomic E-state index is -0.558. The Bertz CT molecular complexity index is 3290. The number of nitrogens with one attached hydrogen (secondary N) is 4. The van der Waals surface area contributed by atoms with Crippen molar-refractivity contribution in [2.75, 3.05) is 119 Å². The summed E-state index contributed by atoms with van der Waals surface area (Å²) in [5, 5.41) is 11.8. The first-order chi connectivity index (χ1) is 38.4. The van der Waals surface area contributed by atoms with Crippen molar-refractivity contribution in [1.82, 2.24) is 59.1 Å². The van der Waals surface area contributed by atoms with Crippen molar-refractivity contribution in [3.63, 3.8) is 0 Å². The van der Waals surface area contributed by atoms with Crippen LogP contribution < -0.4 is 31.1 Å². The molecule has 4 amide bonds. The Labute approximate surface area is 466 Å². The lowest BCUT2D eigenvalue weighted by atomic mass is 9.92. The van der Waals surface area contributed by atoms with Crippen molar-refractivity contribution >= 4 is 58.3 Å². The van der Waals surface area contributed by atoms with Gasteiger partial charge in [0.05, 0.1) is 107 Å². The summed E-state index contributed by atoms with van der Waals surface area (Å²) >= 11 is 0. The number of imidazole rings is 2. The number of aryl methyl sites for hydroxylation is 2. The topological polar surface area (TPSA) is 262 Å². The molecule has 6 aliphatic heterocycles. The first kappa shape index (κ1) is 56.6. The molecule has 27 heteroatoms. The second kappa shape index (κ2) is 22.3. The zero-order valence-corrected chi connectivity index (χ0v) is 46.7. The number of carbonyl (C=O) groups is 4. The summed E-state index contributed by atoms with van der Waals surface area (Å²) in [6.45, 7) is 24.5. The fourth-order valence-electron chi connectivity index (χ4n) is 10.1. The Morgan fingerprint density at radius 3 is 1.41 bits per heavy atom. The highest BCUT2D eigenvalue weighted by Gasteiger charge is 2.50. The number of rotatable bonds is 6. The number of aromatic nitrogens is 8. The Hall–Kier alpha value is -7.72. The lowest BCUT2D eigenvalue weighted by molar-refractivity contribution is -0.133. The van der Waals surface area contributed by atoms with E-state index in [9.17, 15) is 28.0 Å². The van der Waals surface area contributed by atoms with Gasteiger partial charge in [0.2, 0.25) is 0 Å². The van der Waals surface area contributed by atoms with Gasteiger partial charge in [-0.05, 0) is 55.4 Å². The van der Waals surface area contributed by atoms with Crippen LogP contribution in [0.5, 0.6) is 0 Å². The number of anilines is 4. The van der Waals surface area contributed by atoms with Gasteiger partial charge in [-0.15, -0.1) is 0 Å². The van der Waals surface area contributed by atoms with Gasteiger partial charge in [-0.3, -0.25) is 9.59 Å². The zero-order valence-electron chi connectivity index (χ0n) is 46.7. The molecule has 0 unspecified atom stereocenters. The summed E-state index contributed by atoms with van der Waals surface area (Å²) in [5.41, 5.74) is 0.837. The molecule has 0 saturated carbocycles. The fraction of sp³-hybridized carbons (Fsp3) is 0.519. The van der Waals surface area contributed by atoms with Crippen LogP contribution in [0.4, 0.5) is 41.4 Å². The SMILES string of the molecule is CC(C)(C)OC(=O)N1CCOC2(CNC2)C1.Cc1cn2cc(NC(=O)c3cnc(N4CC5(CN(C(=O)OC(C)(C)C)CCO5)C4)cn3)cc(F)c2n1.Cc1cn2cc(NC(=O)c3cnc(N4CC5(CNCCO5)C4)cn3)cc(F)c2n1. The van der Waals surface area contributed by atoms with Crippen molar-refractivity contribution < 1.29 is 51.6 Å². The van der Waals surface area contributed by atoms with E-state index < -0.39 is 40.3 Å². The van der Waals surface area contributed by atoms with Crippen molar-refractivity contribution in [1.29, 1.82) is 0 Å². The molecule has 12 heterocycles. The number of hydrogen-bond donors (Lipinski definition) is 4. The number of hydrogen-bond acceptors (Lipinski definition) is 19. The summed E-state index contributed by atoms with van der Waals surface area (Å²) in [5.74, 6) is -0.722. The van der Waals surface area contributed by atoms with E-state index in [0.717, 1.165) is 39.3 Å². The van der Waals surface area contributed by atoms with E-state index in [1.807, 2.05) is 46.4 Å². The minimum absolute atomic E-state index is 0.0984. The smallest absolute Gasteiger partial charge is 0.410 e. The normalized spacial score (nSPS) is 18.9. The van der Waals surface area contributed by atoms with E-state index in [-0.39, 0.29) is 51.8 Å². The lowest BCUT2D eigenvalue weighted by Crippen LogP contribution is -2.71. The second-order valence-corrected chi connectivity index (χ2v) is 23.2. The number of amides is 4. The van der Waals surface area contributed by atoms with Crippen molar-refractivity contribution in [2.45, 2.75) is 83.4 Å². The maximum absolute atomic E-state index is 14.3. The number of ether oxygens (including phenoxy) is 5. The Morgan fingerprint density at radius 1 is 0.568 bits per heavy atom. The molecule has 6 aliphatic rings. The molecule has 6 aromatic rings. The maximum Gasteiger partial charge on any atom is 0.410 e. The van der Waals surface area contributed by atoms with Crippen LogP contribution in [0, 0.1) is 25.5 Å². The predicted molar refractivity (Wildman–Crippen MR) is 292 cm³/mol. The fourth-order valence-corrected chi connectivity index (χ4v) is 10.1. The van der Waals surface area contributed by atoms with Crippen molar-refractivity contribution in [2.24, 2.45) is 0 Å². The summed E-state index contributed by atoms with van der Waals surface area (Å²) in [6, 6.07) is 2.45. The van der Waals surface area contributed by atoms with Crippen LogP contribution in [-0.2, 0) is 23.7 Å². The molecular weight excluding hydrogens is 1050 g/mol. The molecule has 0 aromatic carbocycles. The quantitative estimate of drug-likeness (QED) is 0.182. The highest BCUT2D eigenvalue weighted by molar-refractivity contribution is 6.03. The summed E-state index contributed by atoms with van der Waals surface area (Å²) in [7, 11) is 0. The van der Waals surface area contributed by atoms with E-state index in [0.29, 0.717) is 87.8 Å². The Kier molecular flexibility index (Phi) is 15.6. The number of carbonyl (C=O) groups excluding carboxylic acids is 4. The average Bonchev–Trinajstić information content (AvgIpc) is 4.04. The van der Waals surface area contributed by atoms with E-state index in [4.69, 9.17) is 23.7 Å². The highest BCUT2D eigenvalue weighted by Crippen LogP contribution is 2.34. The molecule has 0 radical (unpaired) electrons. The number of halogens is 2. The third kappa shape index (κ3) is 13.2. The third-order valence-electron chi connectivity index (χ3n) is 13.9. The van der Waals surface area contributed by atoms with Gasteiger partial charge >= 0.3 is 12.2 Å². The van der Waals surface area contributed by atoms with Gasteiger partial charge in [0.15, 0.2) is 22.9 Å². The third-order valence-corrected chi connectivity index (χ3v) is 13.9. The van der Waals surface area contributed by atoms with E-state index in [2.05, 4.69) is 56.1 Å². The van der Waals surface area contributed by atoms with Crippen LogP contribution in [0.2, 0.25) is 0 Å². The van der Waals surface area contributed by atoms with Crippen LogP contribution in [-0.4, -0.2) is 199 Å². The molecule has 0 atom stereocenters. The largest absolute Gasteiger partial charge is 0.444 e. The van der Waals surface area contributed by atoms with Gasteiger partial charge in [0.25, 0.3) is 11.8 Å². The van der Waals surface area contributed by atoms with Gasteiger partial charge in [-0.1, -0.05) is 0 Å². The summed E-state index contributed by atoms with van der Waals surface area (Å²) in [6.07, 6.45) is 11.9. The van der Waals surface area contributed by atoms with Crippen LogP contribution >= 0.6 is 0 Å². The molecule has 432 valence electrons. The lowest BCUT2D eigenvalue weighted by Gasteiger charge is -2.53. The number of morpholine rings is 3. The zero-order chi connectivity index (χ0) is 57.5. The molecule has 6 saturated heterocycles. The van der Waals surface area contributed by atoms with Crippen molar-refractivity contribution in [3.05, 3.63) is 96.1 Å². The molecule has 12 rings (SSSR count). The molecule has 0 aliphatic carbocycles. The van der Waals surface area contributed by atoms with E-state index >= 15 is 0 Å². The molecule has 81 heavy (non-hydrogen) atoms. The van der Waals surface area contributed by atoms with Crippen LogP contribution in [0.1, 0.15) is 73.9 Å². The summed E-state index contributed by atoms with van der Waals surface area (Å²) in [4.78, 5) is 82.2. The first-order valence-corrected chi connectivity index (χ1v) is 26.8. The average molecular weight is 1120 g/mol. The molecule has 4 N–H and O–H groups in total. The highest BCUT2D eigenvalue weighted by atomic mass is 19.1. The van der Waals surface area contributed by atoms with E-state index in [1.165, 1.54) is 39.5 Å². The molecule has 3 spiro atoms. The van der Waals surface area contributed by atoms with Gasteiger partial charge < -0.3 is 73.4 Å². The number of fused-ring (bicyclic) bond motifs is 2. The molecule has 25 nitrogen and oxygen atoms in total. The van der Waals surface area contributed by atoms with Crippen molar-refractivity contribution in [3.8, 4) is 0 Å². The summed E-state index contributed by atoms with van der Waals surface area (Å²) < 4.78 is 59.9. The standard InChI is InChI=1S/C24H28FN7O4.C19H20FN7O2.C11H20N2O3/c1-15-10-31-11-16(7-17(25)20(31)28-15)29-21(33)18-8-27-19(9-26-18)32-13-24(14-32)12-30(5-6-35-24)22(34)36-23(2,3)4;1-12-7-26-8-13(4-14(20)17(26)24-12)25-18(28)15-5-23-16(6-22-15)27-10-19(11-27)9-21-2-3-29-19;1-10(2,3)16-9(14)13-4-5-15-11(8-13)6-12-7-11/h7-11H,5-6,12-14H2,1-4H3,(H,29,33);4-8,21H,2-3,9-11H2,1H3,(H,25,28);12H,4-8H2,1-3H3. The van der Waals surface area contributed by atoms with Crippen LogP contribution in [0.25, 0.3) is 11.3 Å². The monoisotopic (exact) mass is 1120 g/mol. The second-order valence-electron chi connectivity index (χ2n) is 23.2. The number of pyridine rings is 2. The van der Waals surface area contributed by atoms with Gasteiger partial charge in [-0.2, -0.15) is 0 Å². The predicted octanol–water partition coefficient (Wildman–Crippen LogP) is 4.25. The Morgan fingerprint density at radius 2 is 1.00 bits per heavy atom. The molecule has 6 aromatic heterocycles. The van der Waals surface area contributed by atoms with E-state index in [1.54, 1.807) is 54.6 Å². The van der Waals surface area contributed by atoms with Gasteiger partial charge in [0, 0.05) is 76.2 Å². The van der Waals surface area contributed by atoms with Crippen LogP contribution in [0.15, 0.2) is 61.7 Å². The molecule has 0 bridgehead atoms. The first-order valence-electron chi connectivity index (χ1n) is 26.8. The van der Waals surface area contributed by atoms with Gasteiger partial charge in [-0.25, -0.2) is 48.3 Å².